The van der Waals surface area contributed by atoms with Crippen LogP contribution >= 0.6 is 11.6 Å². The molecule has 1 N–H and O–H groups in total. The molecule has 3 nitrogen and oxygen atoms in total. The minimum Gasteiger partial charge on any atom is -0.314 e. The summed E-state index contributed by atoms with van der Waals surface area (Å²) in [5, 5.41) is 3.59. The van der Waals surface area contributed by atoms with Crippen LogP contribution in [0.5, 0.6) is 0 Å². The summed E-state index contributed by atoms with van der Waals surface area (Å²) in [5.41, 5.74) is 0.851. The van der Waals surface area contributed by atoms with Crippen molar-refractivity contribution in [3.8, 4) is 0 Å². The van der Waals surface area contributed by atoms with Gasteiger partial charge in [-0.25, -0.2) is 4.39 Å². The zero-order valence-electron chi connectivity index (χ0n) is 11.3. The highest BCUT2D eigenvalue weighted by atomic mass is 35.5. The third-order valence-corrected chi connectivity index (χ3v) is 3.90. The van der Waals surface area contributed by atoms with Gasteiger partial charge >= 0.3 is 0 Å². The van der Waals surface area contributed by atoms with Gasteiger partial charge in [0, 0.05) is 45.8 Å². The number of nitrogens with zero attached hydrogens (tertiary/aromatic N) is 2. The molecule has 0 amide bonds. The average Bonchev–Trinajstić information content (AvgIpc) is 2.43. The Bertz CT molecular complexity index is 408. The number of rotatable bonds is 5. The van der Waals surface area contributed by atoms with Crippen molar-refractivity contribution < 1.29 is 4.39 Å². The van der Waals surface area contributed by atoms with E-state index in [0.29, 0.717) is 6.54 Å². The van der Waals surface area contributed by atoms with Gasteiger partial charge in [0.25, 0.3) is 0 Å². The van der Waals surface area contributed by atoms with Crippen LogP contribution in [-0.2, 0) is 6.54 Å². The number of halogens is 2. The molecular weight excluding hydrogens is 265 g/mol. The Hall–Kier alpha value is -0.680. The quantitative estimate of drug-likeness (QED) is 0.890. The van der Waals surface area contributed by atoms with Crippen LogP contribution in [-0.4, -0.2) is 56.1 Å². The first kappa shape index (κ1) is 14.7. The molecule has 0 saturated carbocycles. The minimum atomic E-state index is -0.338. The van der Waals surface area contributed by atoms with Crippen molar-refractivity contribution in [3.63, 3.8) is 0 Å². The molecule has 0 spiro atoms. The minimum absolute atomic E-state index is 0.247. The molecule has 1 saturated heterocycles. The molecule has 0 atom stereocenters. The molecule has 2 rings (SSSR count). The Balaban J connectivity index is 1.80. The fraction of sp³-hybridized carbons (Fsp3) is 0.571. The second-order valence-electron chi connectivity index (χ2n) is 5.04. The summed E-state index contributed by atoms with van der Waals surface area (Å²) in [6, 6.07) is 4.99. The Morgan fingerprint density at radius 1 is 1.37 bits per heavy atom. The summed E-state index contributed by atoms with van der Waals surface area (Å²) >= 11 is 5.97. The Morgan fingerprint density at radius 2 is 2.11 bits per heavy atom. The standard InChI is InChI=1S/C14H21ClFN3/c1-18(9-10-19-7-5-17-6-8-19)11-12-3-2-4-13(16)14(12)15/h2-4,17H,5-11H2,1H3. The first-order valence-corrected chi connectivity index (χ1v) is 7.09. The van der Waals surface area contributed by atoms with Crippen molar-refractivity contribution in [3.05, 3.63) is 34.6 Å². The molecule has 1 aliphatic rings. The maximum atomic E-state index is 13.3. The second kappa shape index (κ2) is 7.20. The van der Waals surface area contributed by atoms with Crippen LogP contribution in [0.15, 0.2) is 18.2 Å². The number of likely N-dealkylation sites (N-methyl/N-ethyl adjacent to an activating group) is 1. The van der Waals surface area contributed by atoms with Crippen molar-refractivity contribution in [2.45, 2.75) is 6.54 Å². The molecule has 1 aromatic rings. The molecule has 1 heterocycles. The van der Waals surface area contributed by atoms with Crippen LogP contribution in [0.25, 0.3) is 0 Å². The molecule has 1 aromatic carbocycles. The van der Waals surface area contributed by atoms with Gasteiger partial charge in [0.15, 0.2) is 0 Å². The lowest BCUT2D eigenvalue weighted by molar-refractivity contribution is 0.202. The lowest BCUT2D eigenvalue weighted by Crippen LogP contribution is -2.45. The van der Waals surface area contributed by atoms with Crippen LogP contribution in [0.2, 0.25) is 5.02 Å². The second-order valence-corrected chi connectivity index (χ2v) is 5.42. The van der Waals surface area contributed by atoms with E-state index in [1.807, 2.05) is 13.1 Å². The predicted molar refractivity (Wildman–Crippen MR) is 77.1 cm³/mol. The monoisotopic (exact) mass is 285 g/mol. The fourth-order valence-electron chi connectivity index (χ4n) is 2.29. The highest BCUT2D eigenvalue weighted by Gasteiger charge is 2.11. The highest BCUT2D eigenvalue weighted by Crippen LogP contribution is 2.20. The summed E-state index contributed by atoms with van der Waals surface area (Å²) in [7, 11) is 2.05. The molecule has 1 aliphatic heterocycles. The molecule has 0 radical (unpaired) electrons. The smallest absolute Gasteiger partial charge is 0.142 e. The van der Waals surface area contributed by atoms with Gasteiger partial charge in [0.1, 0.15) is 5.82 Å². The van der Waals surface area contributed by atoms with Gasteiger partial charge in [-0.05, 0) is 18.7 Å². The molecular formula is C14H21ClFN3. The predicted octanol–water partition coefficient (Wildman–Crippen LogP) is 1.82. The highest BCUT2D eigenvalue weighted by molar-refractivity contribution is 6.31. The van der Waals surface area contributed by atoms with E-state index >= 15 is 0 Å². The average molecular weight is 286 g/mol. The maximum Gasteiger partial charge on any atom is 0.142 e. The number of hydrogen-bond donors (Lipinski definition) is 1. The van der Waals surface area contributed by atoms with Gasteiger partial charge in [0.2, 0.25) is 0 Å². The van der Waals surface area contributed by atoms with Crippen LogP contribution in [0.1, 0.15) is 5.56 Å². The molecule has 0 aliphatic carbocycles. The molecule has 0 unspecified atom stereocenters. The van der Waals surface area contributed by atoms with Gasteiger partial charge in [-0.3, -0.25) is 4.90 Å². The molecule has 106 valence electrons. The number of nitrogens with one attached hydrogen (secondary N) is 1. The zero-order valence-corrected chi connectivity index (χ0v) is 12.1. The molecule has 0 bridgehead atoms. The molecule has 5 heteroatoms. The number of benzene rings is 1. The van der Waals surface area contributed by atoms with E-state index in [9.17, 15) is 4.39 Å². The first-order chi connectivity index (χ1) is 9.16. The van der Waals surface area contributed by atoms with Crippen molar-refractivity contribution in [1.29, 1.82) is 0 Å². The van der Waals surface area contributed by atoms with E-state index in [-0.39, 0.29) is 10.8 Å². The summed E-state index contributed by atoms with van der Waals surface area (Å²) < 4.78 is 13.3. The van der Waals surface area contributed by atoms with E-state index in [0.717, 1.165) is 44.8 Å². The third kappa shape index (κ3) is 4.42. The topological polar surface area (TPSA) is 18.5 Å². The zero-order chi connectivity index (χ0) is 13.7. The van der Waals surface area contributed by atoms with Gasteiger partial charge in [-0.15, -0.1) is 0 Å². The van der Waals surface area contributed by atoms with Crippen molar-refractivity contribution in [2.24, 2.45) is 0 Å². The van der Waals surface area contributed by atoms with Crippen LogP contribution in [0, 0.1) is 5.82 Å². The van der Waals surface area contributed by atoms with Gasteiger partial charge in [-0.1, -0.05) is 23.7 Å². The summed E-state index contributed by atoms with van der Waals surface area (Å²) in [4.78, 5) is 4.63. The normalized spacial score (nSPS) is 17.1. The van der Waals surface area contributed by atoms with Gasteiger partial charge in [-0.2, -0.15) is 0 Å². The van der Waals surface area contributed by atoms with E-state index in [1.165, 1.54) is 6.07 Å². The number of hydrogen-bond acceptors (Lipinski definition) is 3. The summed E-state index contributed by atoms with van der Waals surface area (Å²) in [6.45, 7) is 7.04. The Labute approximate surface area is 119 Å². The Morgan fingerprint density at radius 3 is 2.84 bits per heavy atom. The number of piperazine rings is 1. The first-order valence-electron chi connectivity index (χ1n) is 6.71. The summed E-state index contributed by atoms with van der Waals surface area (Å²) in [6.07, 6.45) is 0. The van der Waals surface area contributed by atoms with Crippen molar-refractivity contribution in [1.82, 2.24) is 15.1 Å². The SMILES string of the molecule is CN(CCN1CCNCC1)Cc1cccc(F)c1Cl. The van der Waals surface area contributed by atoms with Crippen molar-refractivity contribution >= 4 is 11.6 Å². The van der Waals surface area contributed by atoms with Crippen molar-refractivity contribution in [2.75, 3.05) is 46.3 Å². The van der Waals surface area contributed by atoms with E-state index < -0.39 is 0 Å². The van der Waals surface area contributed by atoms with Crippen LogP contribution in [0.3, 0.4) is 0 Å². The molecule has 19 heavy (non-hydrogen) atoms. The van der Waals surface area contributed by atoms with E-state index in [4.69, 9.17) is 11.6 Å². The van der Waals surface area contributed by atoms with E-state index in [2.05, 4.69) is 15.1 Å². The van der Waals surface area contributed by atoms with Crippen LogP contribution < -0.4 is 5.32 Å². The fourth-order valence-corrected chi connectivity index (χ4v) is 2.47. The van der Waals surface area contributed by atoms with E-state index in [1.54, 1.807) is 6.07 Å². The van der Waals surface area contributed by atoms with Gasteiger partial charge < -0.3 is 10.2 Å². The lowest BCUT2D eigenvalue weighted by atomic mass is 10.2. The van der Waals surface area contributed by atoms with Crippen LogP contribution in [0.4, 0.5) is 4.39 Å². The van der Waals surface area contributed by atoms with Gasteiger partial charge in [0.05, 0.1) is 5.02 Å². The largest absolute Gasteiger partial charge is 0.314 e. The Kier molecular flexibility index (Phi) is 5.58. The molecule has 0 aromatic heterocycles. The molecule has 1 fully saturated rings. The summed E-state index contributed by atoms with van der Waals surface area (Å²) in [5.74, 6) is -0.338. The third-order valence-electron chi connectivity index (χ3n) is 3.48. The maximum absolute atomic E-state index is 13.3. The lowest BCUT2D eigenvalue weighted by Gasteiger charge is -2.29.